The molecule has 1 aromatic carbocycles. The van der Waals surface area contributed by atoms with Gasteiger partial charge in [-0.15, -0.1) is 5.11 Å². The molecule has 1 aromatic heterocycles. The topological polar surface area (TPSA) is 88.5 Å². The van der Waals surface area contributed by atoms with Crippen molar-refractivity contribution < 1.29 is 19.0 Å². The number of nitrogens with zero attached hydrogens (tertiary/aromatic N) is 3. The molecule has 0 amide bonds. The average Bonchev–Trinajstić information content (AvgIpc) is 2.97. The van der Waals surface area contributed by atoms with E-state index in [2.05, 4.69) is 15.3 Å². The summed E-state index contributed by atoms with van der Waals surface area (Å²) in [5.74, 6) is 0.220. The van der Waals surface area contributed by atoms with Crippen molar-refractivity contribution in [2.45, 2.75) is 33.0 Å². The Kier molecular flexibility index (Phi) is 5.41. The first-order valence-electron chi connectivity index (χ1n) is 8.70. The number of fused-ring (bicyclic) bond motifs is 1. The third kappa shape index (κ3) is 3.80. The summed E-state index contributed by atoms with van der Waals surface area (Å²) in [6.07, 6.45) is 0.149. The van der Waals surface area contributed by atoms with Gasteiger partial charge in [-0.3, -0.25) is 5.01 Å². The van der Waals surface area contributed by atoms with Crippen LogP contribution in [0, 0.1) is 0 Å². The fourth-order valence-corrected chi connectivity index (χ4v) is 3.07. The van der Waals surface area contributed by atoms with Gasteiger partial charge in [0, 0.05) is 10.9 Å². The van der Waals surface area contributed by atoms with E-state index in [-0.39, 0.29) is 24.5 Å². The van der Waals surface area contributed by atoms with E-state index < -0.39 is 5.97 Å². The van der Waals surface area contributed by atoms with Gasteiger partial charge in [-0.25, -0.2) is 4.79 Å². The van der Waals surface area contributed by atoms with Gasteiger partial charge in [0.2, 0.25) is 0 Å². The van der Waals surface area contributed by atoms with E-state index in [0.29, 0.717) is 24.5 Å². The average molecular weight is 360 g/mol. The standard InChI is InChI=1S/C18H24N4O4/c1-5-25-18(23)17-16(14-8-13(24-4)6-7-15(14)19-17)20-21-22-9-11(2)26-12(3)10-22/h6-8,11-12,19H,5,9-10H2,1-4H3/t11-,12+. The number of ether oxygens (including phenoxy) is 3. The van der Waals surface area contributed by atoms with Crippen LogP contribution in [-0.2, 0) is 9.47 Å². The first-order valence-corrected chi connectivity index (χ1v) is 8.70. The van der Waals surface area contributed by atoms with E-state index in [9.17, 15) is 4.79 Å². The zero-order valence-electron chi connectivity index (χ0n) is 15.5. The lowest BCUT2D eigenvalue weighted by molar-refractivity contribution is -0.0697. The zero-order chi connectivity index (χ0) is 18.7. The Bertz CT molecular complexity index is 807. The summed E-state index contributed by atoms with van der Waals surface area (Å²) in [6, 6.07) is 5.49. The van der Waals surface area contributed by atoms with E-state index in [1.54, 1.807) is 14.0 Å². The third-order valence-electron chi connectivity index (χ3n) is 4.13. The van der Waals surface area contributed by atoms with Crippen molar-refractivity contribution in [3.8, 4) is 5.75 Å². The van der Waals surface area contributed by atoms with Gasteiger partial charge >= 0.3 is 5.97 Å². The van der Waals surface area contributed by atoms with Crippen LogP contribution in [0.2, 0.25) is 0 Å². The van der Waals surface area contributed by atoms with Crippen LogP contribution in [0.5, 0.6) is 5.75 Å². The Balaban J connectivity index is 1.99. The molecule has 3 rings (SSSR count). The molecule has 2 atom stereocenters. The van der Waals surface area contributed by atoms with Gasteiger partial charge in [0.25, 0.3) is 0 Å². The molecule has 2 aromatic rings. The van der Waals surface area contributed by atoms with Gasteiger partial charge < -0.3 is 19.2 Å². The first kappa shape index (κ1) is 18.2. The van der Waals surface area contributed by atoms with Crippen molar-refractivity contribution in [3.05, 3.63) is 23.9 Å². The van der Waals surface area contributed by atoms with Gasteiger partial charge in [-0.2, -0.15) is 0 Å². The monoisotopic (exact) mass is 360 g/mol. The lowest BCUT2D eigenvalue weighted by Crippen LogP contribution is -2.42. The molecule has 8 heteroatoms. The second kappa shape index (κ2) is 7.74. The highest BCUT2D eigenvalue weighted by molar-refractivity contribution is 6.05. The van der Waals surface area contributed by atoms with E-state index in [4.69, 9.17) is 14.2 Å². The Morgan fingerprint density at radius 3 is 2.73 bits per heavy atom. The van der Waals surface area contributed by atoms with E-state index in [1.165, 1.54) is 0 Å². The van der Waals surface area contributed by atoms with E-state index >= 15 is 0 Å². The number of esters is 1. The molecule has 1 fully saturated rings. The molecule has 1 aliphatic rings. The van der Waals surface area contributed by atoms with E-state index in [0.717, 1.165) is 10.9 Å². The number of nitrogens with one attached hydrogen (secondary N) is 1. The summed E-state index contributed by atoms with van der Waals surface area (Å²) >= 11 is 0. The van der Waals surface area contributed by atoms with Crippen molar-refractivity contribution in [3.63, 3.8) is 0 Å². The SMILES string of the molecule is CCOC(=O)c1[nH]c2ccc(OC)cc2c1N=NN1C[C@@H](C)O[C@@H](C)C1. The van der Waals surface area contributed by atoms with Crippen LogP contribution >= 0.6 is 0 Å². The summed E-state index contributed by atoms with van der Waals surface area (Å²) in [4.78, 5) is 15.4. The summed E-state index contributed by atoms with van der Waals surface area (Å²) in [6.45, 7) is 7.34. The van der Waals surface area contributed by atoms with Crippen molar-refractivity contribution in [1.82, 2.24) is 9.99 Å². The van der Waals surface area contributed by atoms with Crippen molar-refractivity contribution in [2.24, 2.45) is 10.3 Å². The molecule has 140 valence electrons. The first-order chi connectivity index (χ1) is 12.5. The quantitative estimate of drug-likeness (QED) is 0.651. The maximum absolute atomic E-state index is 12.3. The molecule has 2 heterocycles. The fourth-order valence-electron chi connectivity index (χ4n) is 3.07. The largest absolute Gasteiger partial charge is 0.497 e. The molecule has 0 unspecified atom stereocenters. The van der Waals surface area contributed by atoms with Crippen LogP contribution in [0.15, 0.2) is 28.5 Å². The number of aromatic amines is 1. The summed E-state index contributed by atoms with van der Waals surface area (Å²) in [5.41, 5.74) is 1.50. The lowest BCUT2D eigenvalue weighted by Gasteiger charge is -2.32. The van der Waals surface area contributed by atoms with E-state index in [1.807, 2.05) is 37.1 Å². The maximum atomic E-state index is 12.3. The Morgan fingerprint density at radius 1 is 1.35 bits per heavy atom. The molecule has 1 N–H and O–H groups in total. The van der Waals surface area contributed by atoms with Gasteiger partial charge in [0.1, 0.15) is 11.4 Å². The minimum atomic E-state index is -0.458. The number of aromatic nitrogens is 1. The zero-order valence-corrected chi connectivity index (χ0v) is 15.5. The Morgan fingerprint density at radius 2 is 2.08 bits per heavy atom. The van der Waals surface area contributed by atoms with Crippen LogP contribution < -0.4 is 4.74 Å². The molecule has 0 spiro atoms. The van der Waals surface area contributed by atoms with Crippen molar-refractivity contribution in [1.29, 1.82) is 0 Å². The van der Waals surface area contributed by atoms with Crippen molar-refractivity contribution in [2.75, 3.05) is 26.8 Å². The summed E-state index contributed by atoms with van der Waals surface area (Å²) in [5, 5.41) is 11.3. The number of hydrogen-bond donors (Lipinski definition) is 1. The molecule has 0 radical (unpaired) electrons. The number of benzene rings is 1. The third-order valence-corrected chi connectivity index (χ3v) is 4.13. The predicted molar refractivity (Wildman–Crippen MR) is 96.9 cm³/mol. The van der Waals surface area contributed by atoms with Crippen LogP contribution in [0.1, 0.15) is 31.3 Å². The summed E-state index contributed by atoms with van der Waals surface area (Å²) in [7, 11) is 1.60. The molecule has 0 aliphatic carbocycles. The molecular formula is C18H24N4O4. The molecule has 0 bridgehead atoms. The van der Waals surface area contributed by atoms with Crippen LogP contribution in [0.3, 0.4) is 0 Å². The number of carbonyl (C=O) groups is 1. The highest BCUT2D eigenvalue weighted by atomic mass is 16.5. The molecule has 0 saturated carbocycles. The Labute approximate surface area is 152 Å². The normalized spacial score (nSPS) is 20.7. The maximum Gasteiger partial charge on any atom is 0.357 e. The smallest absolute Gasteiger partial charge is 0.357 e. The molecule has 1 aliphatic heterocycles. The highest BCUT2D eigenvalue weighted by Gasteiger charge is 2.23. The minimum absolute atomic E-state index is 0.0743. The van der Waals surface area contributed by atoms with Crippen LogP contribution in [0.4, 0.5) is 5.69 Å². The number of methoxy groups -OCH3 is 1. The second-order valence-electron chi connectivity index (χ2n) is 6.30. The number of carbonyl (C=O) groups excluding carboxylic acids is 1. The van der Waals surface area contributed by atoms with Crippen molar-refractivity contribution >= 4 is 22.6 Å². The highest BCUT2D eigenvalue weighted by Crippen LogP contribution is 2.34. The van der Waals surface area contributed by atoms with Gasteiger partial charge in [-0.1, -0.05) is 5.22 Å². The minimum Gasteiger partial charge on any atom is -0.497 e. The number of hydrogen-bond acceptors (Lipinski definition) is 6. The number of rotatable bonds is 5. The molecule has 26 heavy (non-hydrogen) atoms. The Hall–Kier alpha value is -2.61. The second-order valence-corrected chi connectivity index (χ2v) is 6.30. The lowest BCUT2D eigenvalue weighted by atomic mass is 10.2. The number of morpholine rings is 1. The molecule has 1 saturated heterocycles. The fraction of sp³-hybridized carbons (Fsp3) is 0.500. The molecular weight excluding hydrogens is 336 g/mol. The van der Waals surface area contributed by atoms with Crippen LogP contribution in [0.25, 0.3) is 10.9 Å². The van der Waals surface area contributed by atoms with Gasteiger partial charge in [-0.05, 0) is 39.0 Å². The predicted octanol–water partition coefficient (Wildman–Crippen LogP) is 3.46. The van der Waals surface area contributed by atoms with Gasteiger partial charge in [0.05, 0.1) is 39.0 Å². The van der Waals surface area contributed by atoms with Crippen LogP contribution in [-0.4, -0.2) is 55.0 Å². The summed E-state index contributed by atoms with van der Waals surface area (Å²) < 4.78 is 16.1. The number of H-pyrrole nitrogens is 1. The van der Waals surface area contributed by atoms with Gasteiger partial charge in [0.15, 0.2) is 5.69 Å². The molecule has 8 nitrogen and oxygen atoms in total.